The number of nitrogen functional groups attached to an aromatic ring is 1. The third-order valence-corrected chi connectivity index (χ3v) is 5.34. The molecule has 1 heterocycles. The molecule has 0 aromatic heterocycles. The predicted molar refractivity (Wildman–Crippen MR) is 113 cm³/mol. The SMILES string of the molecule is Nc1cccc(C(=O)C[C@]2(O)C(=O)N(Cc3ccccc3)c3ccc(Cl)cc32)c1. The lowest BCUT2D eigenvalue weighted by molar-refractivity contribution is -0.136. The molecule has 146 valence electrons. The maximum atomic E-state index is 13.3. The maximum absolute atomic E-state index is 13.3. The molecule has 1 aliphatic rings. The predicted octanol–water partition coefficient (Wildman–Crippen LogP) is 3.93. The molecule has 1 amide bonds. The number of rotatable bonds is 5. The molecule has 0 unspecified atom stereocenters. The lowest BCUT2D eigenvalue weighted by Crippen LogP contribution is -2.41. The molecule has 0 fully saturated rings. The number of hydrogen-bond donors (Lipinski definition) is 2. The molecule has 0 bridgehead atoms. The van der Waals surface area contributed by atoms with Gasteiger partial charge in [-0.15, -0.1) is 0 Å². The van der Waals surface area contributed by atoms with Gasteiger partial charge in [0.25, 0.3) is 5.91 Å². The second-order valence-corrected chi connectivity index (χ2v) is 7.56. The van der Waals surface area contributed by atoms with Crippen molar-refractivity contribution in [2.75, 3.05) is 10.6 Å². The molecule has 4 rings (SSSR count). The molecular weight excluding hydrogens is 388 g/mol. The third kappa shape index (κ3) is 3.50. The van der Waals surface area contributed by atoms with E-state index in [9.17, 15) is 14.7 Å². The van der Waals surface area contributed by atoms with Crippen LogP contribution in [0, 0.1) is 0 Å². The Morgan fingerprint density at radius 2 is 1.79 bits per heavy atom. The van der Waals surface area contributed by atoms with Crippen LogP contribution >= 0.6 is 11.6 Å². The average Bonchev–Trinajstić information content (AvgIpc) is 2.90. The molecule has 5 nitrogen and oxygen atoms in total. The Kier molecular flexibility index (Phi) is 4.86. The first-order valence-corrected chi connectivity index (χ1v) is 9.53. The standard InChI is InChI=1S/C23H19ClN2O3/c24-17-9-10-20-19(12-17)23(29,13-21(27)16-7-4-8-18(25)11-16)22(28)26(20)14-15-5-2-1-3-6-15/h1-12,29H,13-14,25H2/t23-/m1/s1. The van der Waals surface area contributed by atoms with Crippen LogP contribution in [0.3, 0.4) is 0 Å². The molecule has 3 N–H and O–H groups in total. The van der Waals surface area contributed by atoms with E-state index in [1.165, 1.54) is 11.0 Å². The summed E-state index contributed by atoms with van der Waals surface area (Å²) in [7, 11) is 0. The molecule has 29 heavy (non-hydrogen) atoms. The van der Waals surface area contributed by atoms with Gasteiger partial charge in [-0.1, -0.05) is 54.1 Å². The van der Waals surface area contributed by atoms with E-state index in [2.05, 4.69) is 0 Å². The van der Waals surface area contributed by atoms with Crippen LogP contribution in [-0.4, -0.2) is 16.8 Å². The lowest BCUT2D eigenvalue weighted by atomic mass is 9.88. The minimum absolute atomic E-state index is 0.281. The van der Waals surface area contributed by atoms with Crippen LogP contribution in [0.25, 0.3) is 0 Å². The van der Waals surface area contributed by atoms with Crippen molar-refractivity contribution >= 4 is 34.7 Å². The van der Waals surface area contributed by atoms with Gasteiger partial charge < -0.3 is 15.7 Å². The molecule has 0 spiro atoms. The van der Waals surface area contributed by atoms with Crippen molar-refractivity contribution in [1.29, 1.82) is 0 Å². The summed E-state index contributed by atoms with van der Waals surface area (Å²) >= 11 is 6.14. The van der Waals surface area contributed by atoms with E-state index in [0.29, 0.717) is 27.5 Å². The molecule has 0 saturated heterocycles. The minimum atomic E-state index is -1.99. The number of Topliss-reactive ketones (excluding diaryl/α,β-unsaturated/α-hetero) is 1. The van der Waals surface area contributed by atoms with Crippen molar-refractivity contribution in [1.82, 2.24) is 0 Å². The van der Waals surface area contributed by atoms with Crippen LogP contribution < -0.4 is 10.6 Å². The van der Waals surface area contributed by atoms with Crippen molar-refractivity contribution in [3.05, 3.63) is 94.5 Å². The Balaban J connectivity index is 1.72. The summed E-state index contributed by atoms with van der Waals surface area (Å²) in [6.45, 7) is 0.281. The molecule has 6 heteroatoms. The number of aliphatic hydroxyl groups is 1. The molecule has 0 radical (unpaired) electrons. The first-order valence-electron chi connectivity index (χ1n) is 9.15. The second-order valence-electron chi connectivity index (χ2n) is 7.12. The number of hydrogen-bond acceptors (Lipinski definition) is 4. The number of ketones is 1. The Hall–Kier alpha value is -3.15. The molecule has 3 aromatic carbocycles. The average molecular weight is 407 g/mol. The largest absolute Gasteiger partial charge is 0.399 e. The van der Waals surface area contributed by atoms with E-state index in [1.807, 2.05) is 30.3 Å². The van der Waals surface area contributed by atoms with Gasteiger partial charge >= 0.3 is 0 Å². The zero-order valence-electron chi connectivity index (χ0n) is 15.5. The normalized spacial score (nSPS) is 18.0. The summed E-state index contributed by atoms with van der Waals surface area (Å²) in [6.07, 6.45) is -0.395. The van der Waals surface area contributed by atoms with Crippen molar-refractivity contribution in [3.8, 4) is 0 Å². The number of amides is 1. The van der Waals surface area contributed by atoms with Crippen molar-refractivity contribution in [3.63, 3.8) is 0 Å². The highest BCUT2D eigenvalue weighted by Crippen LogP contribution is 2.44. The monoisotopic (exact) mass is 406 g/mol. The fraction of sp³-hybridized carbons (Fsp3) is 0.130. The quantitative estimate of drug-likeness (QED) is 0.496. The van der Waals surface area contributed by atoms with Crippen LogP contribution in [0.15, 0.2) is 72.8 Å². The first-order chi connectivity index (χ1) is 13.9. The fourth-order valence-corrected chi connectivity index (χ4v) is 3.84. The van der Waals surface area contributed by atoms with E-state index in [0.717, 1.165) is 5.56 Å². The first kappa shape index (κ1) is 19.2. The zero-order chi connectivity index (χ0) is 20.6. The highest BCUT2D eigenvalue weighted by atomic mass is 35.5. The number of fused-ring (bicyclic) bond motifs is 1. The highest BCUT2D eigenvalue weighted by molar-refractivity contribution is 6.31. The third-order valence-electron chi connectivity index (χ3n) is 5.10. The van der Waals surface area contributed by atoms with E-state index in [4.69, 9.17) is 17.3 Å². The van der Waals surface area contributed by atoms with Gasteiger partial charge in [-0.3, -0.25) is 9.59 Å². The molecule has 1 aliphatic heterocycles. The van der Waals surface area contributed by atoms with E-state index in [-0.39, 0.29) is 12.3 Å². The van der Waals surface area contributed by atoms with Gasteiger partial charge in [0.05, 0.1) is 18.7 Å². The highest BCUT2D eigenvalue weighted by Gasteiger charge is 2.51. The summed E-state index contributed by atoms with van der Waals surface area (Å²) < 4.78 is 0. The van der Waals surface area contributed by atoms with Crippen LogP contribution in [-0.2, 0) is 16.9 Å². The van der Waals surface area contributed by atoms with E-state index < -0.39 is 17.9 Å². The van der Waals surface area contributed by atoms with Gasteiger partial charge in [-0.25, -0.2) is 0 Å². The molecule has 3 aromatic rings. The van der Waals surface area contributed by atoms with Gasteiger partial charge in [-0.05, 0) is 35.9 Å². The van der Waals surface area contributed by atoms with Gasteiger partial charge in [0.1, 0.15) is 0 Å². The number of halogens is 1. The Morgan fingerprint density at radius 1 is 1.03 bits per heavy atom. The molecule has 0 saturated carbocycles. The van der Waals surface area contributed by atoms with Gasteiger partial charge in [0.15, 0.2) is 11.4 Å². The molecule has 0 aliphatic carbocycles. The zero-order valence-corrected chi connectivity index (χ0v) is 16.3. The van der Waals surface area contributed by atoms with Gasteiger partial charge in [0, 0.05) is 21.8 Å². The van der Waals surface area contributed by atoms with Crippen molar-refractivity contribution < 1.29 is 14.7 Å². The maximum Gasteiger partial charge on any atom is 0.264 e. The Bertz CT molecular complexity index is 1100. The number of nitrogens with two attached hydrogens (primary N) is 1. The van der Waals surface area contributed by atoms with Gasteiger partial charge in [0.2, 0.25) is 0 Å². The van der Waals surface area contributed by atoms with E-state index >= 15 is 0 Å². The molecule has 1 atom stereocenters. The second kappa shape index (κ2) is 7.35. The number of anilines is 2. The number of benzene rings is 3. The topological polar surface area (TPSA) is 83.6 Å². The van der Waals surface area contributed by atoms with Crippen LogP contribution in [0.1, 0.15) is 27.9 Å². The number of carbonyl (C=O) groups excluding carboxylic acids is 2. The van der Waals surface area contributed by atoms with E-state index in [1.54, 1.807) is 36.4 Å². The van der Waals surface area contributed by atoms with Crippen LogP contribution in [0.2, 0.25) is 5.02 Å². The number of nitrogens with zero attached hydrogens (tertiary/aromatic N) is 1. The van der Waals surface area contributed by atoms with Gasteiger partial charge in [-0.2, -0.15) is 0 Å². The minimum Gasteiger partial charge on any atom is -0.399 e. The smallest absolute Gasteiger partial charge is 0.264 e. The van der Waals surface area contributed by atoms with Crippen molar-refractivity contribution in [2.24, 2.45) is 0 Å². The molecular formula is C23H19ClN2O3. The summed E-state index contributed by atoms with van der Waals surface area (Å²) in [6, 6.07) is 20.8. The Morgan fingerprint density at radius 3 is 2.52 bits per heavy atom. The van der Waals surface area contributed by atoms with Crippen molar-refractivity contribution in [2.45, 2.75) is 18.6 Å². The van der Waals surface area contributed by atoms with Crippen LogP contribution in [0.4, 0.5) is 11.4 Å². The summed E-state index contributed by atoms with van der Waals surface area (Å²) in [5.41, 5.74) is 6.35. The van der Waals surface area contributed by atoms with Crippen LogP contribution in [0.5, 0.6) is 0 Å². The summed E-state index contributed by atoms with van der Waals surface area (Å²) in [4.78, 5) is 27.6. The number of carbonyl (C=O) groups is 2. The fourth-order valence-electron chi connectivity index (χ4n) is 3.66. The lowest BCUT2D eigenvalue weighted by Gasteiger charge is -2.23. The summed E-state index contributed by atoms with van der Waals surface area (Å²) in [5, 5.41) is 11.8. The summed E-state index contributed by atoms with van der Waals surface area (Å²) in [5.74, 6) is -0.920. The Labute approximate surface area is 173 Å².